The molecule has 14 heavy (non-hydrogen) atoms. The summed E-state index contributed by atoms with van der Waals surface area (Å²) in [5, 5.41) is 7.99. The average Bonchev–Trinajstić information content (AvgIpc) is 2.67. The third-order valence-electron chi connectivity index (χ3n) is 2.13. The summed E-state index contributed by atoms with van der Waals surface area (Å²) in [6, 6.07) is 10.5. The summed E-state index contributed by atoms with van der Waals surface area (Å²) in [5.74, 6) is 0. The van der Waals surface area contributed by atoms with E-state index in [9.17, 15) is 0 Å². The number of hydrogen-bond acceptors (Lipinski definition) is 2. The Morgan fingerprint density at radius 2 is 1.86 bits per heavy atom. The van der Waals surface area contributed by atoms with Crippen molar-refractivity contribution in [3.63, 3.8) is 0 Å². The lowest BCUT2D eigenvalue weighted by atomic mass is 10.1. The molecule has 0 unspecified atom stereocenters. The van der Waals surface area contributed by atoms with Crippen LogP contribution in [-0.4, -0.2) is 15.0 Å². The minimum absolute atomic E-state index is 0.340. The summed E-state index contributed by atoms with van der Waals surface area (Å²) < 4.78 is 1.93. The Balaban J connectivity index is 2.47. The molecule has 2 aromatic rings. The molecule has 0 N–H and O–H groups in total. The van der Waals surface area contributed by atoms with Crippen LogP contribution in [0.4, 0.5) is 0 Å². The zero-order chi connectivity index (χ0) is 9.97. The Morgan fingerprint density at radius 1 is 1.14 bits per heavy atom. The molecular weight excluding hydrogens is 174 g/mol. The van der Waals surface area contributed by atoms with Crippen LogP contribution in [0.25, 0.3) is 11.3 Å². The van der Waals surface area contributed by atoms with E-state index in [4.69, 9.17) is 0 Å². The molecule has 1 heterocycles. The predicted molar refractivity (Wildman–Crippen MR) is 55.8 cm³/mol. The zero-order valence-electron chi connectivity index (χ0n) is 8.38. The van der Waals surface area contributed by atoms with Gasteiger partial charge in [-0.1, -0.05) is 35.5 Å². The van der Waals surface area contributed by atoms with E-state index in [0.29, 0.717) is 6.04 Å². The van der Waals surface area contributed by atoms with Gasteiger partial charge in [-0.15, -0.1) is 5.10 Å². The Morgan fingerprint density at radius 3 is 2.50 bits per heavy atom. The van der Waals surface area contributed by atoms with E-state index in [-0.39, 0.29) is 0 Å². The molecule has 0 spiro atoms. The summed E-state index contributed by atoms with van der Waals surface area (Å²) in [4.78, 5) is 0. The maximum atomic E-state index is 4.06. The van der Waals surface area contributed by atoms with Crippen molar-refractivity contribution < 1.29 is 0 Å². The van der Waals surface area contributed by atoms with E-state index in [0.717, 1.165) is 11.3 Å². The van der Waals surface area contributed by atoms with Crippen LogP contribution in [0.15, 0.2) is 36.5 Å². The Hall–Kier alpha value is -1.64. The quantitative estimate of drug-likeness (QED) is 0.723. The fourth-order valence-electron chi connectivity index (χ4n) is 1.44. The van der Waals surface area contributed by atoms with Crippen molar-refractivity contribution >= 4 is 0 Å². The minimum atomic E-state index is 0.340. The molecule has 3 heteroatoms. The van der Waals surface area contributed by atoms with Crippen LogP contribution in [0, 0.1) is 0 Å². The van der Waals surface area contributed by atoms with Gasteiger partial charge in [-0.2, -0.15) is 0 Å². The van der Waals surface area contributed by atoms with Gasteiger partial charge in [0.05, 0.1) is 11.9 Å². The number of rotatable bonds is 2. The van der Waals surface area contributed by atoms with Gasteiger partial charge in [0.15, 0.2) is 0 Å². The van der Waals surface area contributed by atoms with E-state index in [1.165, 1.54) is 0 Å². The largest absolute Gasteiger partial charge is 0.242 e. The SMILES string of the molecule is CC(C)n1nncc1-c1ccccc1. The molecule has 1 aromatic carbocycles. The highest BCUT2D eigenvalue weighted by atomic mass is 15.4. The first kappa shape index (κ1) is 8.94. The minimum Gasteiger partial charge on any atom is -0.242 e. The Kier molecular flexibility index (Phi) is 2.31. The van der Waals surface area contributed by atoms with Crippen LogP contribution in [0.1, 0.15) is 19.9 Å². The van der Waals surface area contributed by atoms with Crippen LogP contribution < -0.4 is 0 Å². The van der Waals surface area contributed by atoms with Crippen molar-refractivity contribution in [1.29, 1.82) is 0 Å². The normalized spacial score (nSPS) is 10.8. The van der Waals surface area contributed by atoms with Crippen LogP contribution in [0.2, 0.25) is 0 Å². The van der Waals surface area contributed by atoms with Crippen LogP contribution >= 0.6 is 0 Å². The molecular formula is C11H13N3. The number of hydrogen-bond donors (Lipinski definition) is 0. The van der Waals surface area contributed by atoms with E-state index in [2.05, 4.69) is 36.3 Å². The maximum Gasteiger partial charge on any atom is 0.0888 e. The van der Waals surface area contributed by atoms with Crippen molar-refractivity contribution in [3.8, 4) is 11.3 Å². The fourth-order valence-corrected chi connectivity index (χ4v) is 1.44. The summed E-state index contributed by atoms with van der Waals surface area (Å²) in [6.07, 6.45) is 1.80. The molecule has 0 aliphatic heterocycles. The first-order valence-corrected chi connectivity index (χ1v) is 4.74. The van der Waals surface area contributed by atoms with E-state index >= 15 is 0 Å². The lowest BCUT2D eigenvalue weighted by Crippen LogP contribution is -2.04. The van der Waals surface area contributed by atoms with Gasteiger partial charge in [0.1, 0.15) is 0 Å². The van der Waals surface area contributed by atoms with Gasteiger partial charge < -0.3 is 0 Å². The highest BCUT2D eigenvalue weighted by Gasteiger charge is 2.07. The molecule has 0 aliphatic rings. The molecule has 0 atom stereocenters. The van der Waals surface area contributed by atoms with E-state index in [1.807, 2.05) is 22.9 Å². The summed E-state index contributed by atoms with van der Waals surface area (Å²) >= 11 is 0. The van der Waals surface area contributed by atoms with Gasteiger partial charge in [-0.05, 0) is 13.8 Å². The lowest BCUT2D eigenvalue weighted by molar-refractivity contribution is 0.519. The molecule has 0 radical (unpaired) electrons. The number of benzene rings is 1. The van der Waals surface area contributed by atoms with Crippen molar-refractivity contribution in [2.75, 3.05) is 0 Å². The van der Waals surface area contributed by atoms with Crippen LogP contribution in [0.5, 0.6) is 0 Å². The van der Waals surface area contributed by atoms with Crippen molar-refractivity contribution in [2.45, 2.75) is 19.9 Å². The molecule has 0 aliphatic carbocycles. The van der Waals surface area contributed by atoms with Gasteiger partial charge in [0.25, 0.3) is 0 Å². The fraction of sp³-hybridized carbons (Fsp3) is 0.273. The monoisotopic (exact) mass is 187 g/mol. The molecule has 0 amide bonds. The molecule has 3 nitrogen and oxygen atoms in total. The van der Waals surface area contributed by atoms with Crippen molar-refractivity contribution in [2.24, 2.45) is 0 Å². The van der Waals surface area contributed by atoms with Gasteiger partial charge in [0, 0.05) is 11.6 Å². The van der Waals surface area contributed by atoms with E-state index in [1.54, 1.807) is 6.20 Å². The first-order chi connectivity index (χ1) is 6.79. The van der Waals surface area contributed by atoms with Crippen molar-refractivity contribution in [3.05, 3.63) is 36.5 Å². The zero-order valence-corrected chi connectivity index (χ0v) is 8.38. The molecule has 0 saturated carbocycles. The average molecular weight is 187 g/mol. The van der Waals surface area contributed by atoms with E-state index < -0.39 is 0 Å². The van der Waals surface area contributed by atoms with Crippen LogP contribution in [-0.2, 0) is 0 Å². The number of nitrogens with zero attached hydrogens (tertiary/aromatic N) is 3. The van der Waals surface area contributed by atoms with Crippen molar-refractivity contribution in [1.82, 2.24) is 15.0 Å². The standard InChI is InChI=1S/C11H13N3/c1-9(2)14-11(8-12-13-14)10-6-4-3-5-7-10/h3-9H,1-2H3. The Bertz CT molecular complexity index is 403. The highest BCUT2D eigenvalue weighted by Crippen LogP contribution is 2.19. The molecule has 72 valence electrons. The molecule has 2 rings (SSSR count). The molecule has 0 fully saturated rings. The topological polar surface area (TPSA) is 30.7 Å². The molecule has 0 bridgehead atoms. The Labute approximate surface area is 83.4 Å². The molecule has 1 aromatic heterocycles. The molecule has 0 saturated heterocycles. The second-order valence-electron chi connectivity index (χ2n) is 3.52. The van der Waals surface area contributed by atoms with Gasteiger partial charge in [0.2, 0.25) is 0 Å². The van der Waals surface area contributed by atoms with Gasteiger partial charge in [-0.3, -0.25) is 0 Å². The number of aromatic nitrogens is 3. The summed E-state index contributed by atoms with van der Waals surface area (Å²) in [6.45, 7) is 4.20. The van der Waals surface area contributed by atoms with Gasteiger partial charge >= 0.3 is 0 Å². The second-order valence-corrected chi connectivity index (χ2v) is 3.52. The third-order valence-corrected chi connectivity index (χ3v) is 2.13. The second kappa shape index (κ2) is 3.62. The van der Waals surface area contributed by atoms with Gasteiger partial charge in [-0.25, -0.2) is 4.68 Å². The smallest absolute Gasteiger partial charge is 0.0888 e. The lowest BCUT2D eigenvalue weighted by Gasteiger charge is -2.08. The summed E-state index contributed by atoms with van der Waals surface area (Å²) in [5.41, 5.74) is 2.23. The van der Waals surface area contributed by atoms with Crippen LogP contribution in [0.3, 0.4) is 0 Å². The predicted octanol–water partition coefficient (Wildman–Crippen LogP) is 2.53. The third kappa shape index (κ3) is 1.53. The highest BCUT2D eigenvalue weighted by molar-refractivity contribution is 5.57. The summed E-state index contributed by atoms with van der Waals surface area (Å²) in [7, 11) is 0. The first-order valence-electron chi connectivity index (χ1n) is 4.74. The maximum absolute atomic E-state index is 4.06.